The van der Waals surface area contributed by atoms with Gasteiger partial charge in [0, 0.05) is 18.8 Å². The molecule has 1 N–H and O–H groups in total. The average molecular weight is 180 g/mol. The van der Waals surface area contributed by atoms with E-state index >= 15 is 0 Å². The molecule has 1 rings (SSSR count). The number of nitrogens with zero attached hydrogens (tertiary/aromatic N) is 2. The normalized spacial score (nSPS) is 10.9. The van der Waals surface area contributed by atoms with E-state index in [4.69, 9.17) is 5.11 Å². The molecule has 0 bridgehead atoms. The summed E-state index contributed by atoms with van der Waals surface area (Å²) >= 11 is 0. The quantitative estimate of drug-likeness (QED) is 0.760. The van der Waals surface area contributed by atoms with Crippen molar-refractivity contribution in [2.45, 2.75) is 13.3 Å². The number of rotatable bonds is 3. The van der Waals surface area contributed by atoms with E-state index in [1.165, 1.54) is 0 Å². The van der Waals surface area contributed by atoms with Gasteiger partial charge in [-0.1, -0.05) is 12.2 Å². The molecule has 0 amide bonds. The van der Waals surface area contributed by atoms with Crippen LogP contribution in [0.15, 0.2) is 12.3 Å². The first-order chi connectivity index (χ1) is 6.09. The van der Waals surface area contributed by atoms with Gasteiger partial charge in [-0.15, -0.1) is 0 Å². The SMILES string of the molecule is Cc1nn(C)cc1C=CCC(=O)O. The van der Waals surface area contributed by atoms with Gasteiger partial charge < -0.3 is 5.11 Å². The lowest BCUT2D eigenvalue weighted by atomic mass is 10.2. The van der Waals surface area contributed by atoms with Crippen molar-refractivity contribution in [1.82, 2.24) is 9.78 Å². The predicted octanol–water partition coefficient (Wildman–Crippen LogP) is 1.22. The summed E-state index contributed by atoms with van der Waals surface area (Å²) in [5, 5.41) is 12.5. The van der Waals surface area contributed by atoms with Crippen molar-refractivity contribution in [1.29, 1.82) is 0 Å². The molecule has 0 aliphatic carbocycles. The summed E-state index contributed by atoms with van der Waals surface area (Å²) in [6.07, 6.45) is 5.30. The minimum Gasteiger partial charge on any atom is -0.481 e. The van der Waals surface area contributed by atoms with Gasteiger partial charge in [-0.05, 0) is 6.92 Å². The largest absolute Gasteiger partial charge is 0.481 e. The topological polar surface area (TPSA) is 55.1 Å². The van der Waals surface area contributed by atoms with Gasteiger partial charge in [-0.25, -0.2) is 0 Å². The summed E-state index contributed by atoms with van der Waals surface area (Å²) in [5.74, 6) is -0.821. The van der Waals surface area contributed by atoms with Crippen molar-refractivity contribution in [3.05, 3.63) is 23.5 Å². The maximum Gasteiger partial charge on any atom is 0.307 e. The van der Waals surface area contributed by atoms with E-state index < -0.39 is 5.97 Å². The second kappa shape index (κ2) is 3.89. The van der Waals surface area contributed by atoms with Gasteiger partial charge in [-0.3, -0.25) is 9.48 Å². The molecule has 4 nitrogen and oxygen atoms in total. The number of aromatic nitrogens is 2. The van der Waals surface area contributed by atoms with E-state index in [9.17, 15) is 4.79 Å². The molecule has 0 aliphatic heterocycles. The molecule has 0 radical (unpaired) electrons. The van der Waals surface area contributed by atoms with Crippen LogP contribution >= 0.6 is 0 Å². The first kappa shape index (κ1) is 9.51. The standard InChI is InChI=1S/C9H12N2O2/c1-7-8(6-11(2)10-7)4-3-5-9(12)13/h3-4,6H,5H2,1-2H3,(H,12,13). The molecule has 1 aromatic rings. The zero-order chi connectivity index (χ0) is 9.84. The first-order valence-electron chi connectivity index (χ1n) is 3.98. The molecule has 13 heavy (non-hydrogen) atoms. The van der Waals surface area contributed by atoms with Crippen molar-refractivity contribution < 1.29 is 9.90 Å². The number of carbonyl (C=O) groups is 1. The van der Waals surface area contributed by atoms with Gasteiger partial charge >= 0.3 is 5.97 Å². The summed E-state index contributed by atoms with van der Waals surface area (Å²) in [5.41, 5.74) is 1.87. The Morgan fingerprint density at radius 2 is 2.46 bits per heavy atom. The number of hydrogen-bond acceptors (Lipinski definition) is 2. The lowest BCUT2D eigenvalue weighted by Gasteiger charge is -1.86. The Morgan fingerprint density at radius 3 is 2.92 bits per heavy atom. The third-order valence-electron chi connectivity index (χ3n) is 1.64. The second-order valence-electron chi connectivity index (χ2n) is 2.84. The van der Waals surface area contributed by atoms with Crippen molar-refractivity contribution in [3.63, 3.8) is 0 Å². The fourth-order valence-corrected chi connectivity index (χ4v) is 1.07. The molecule has 70 valence electrons. The Balaban J connectivity index is 2.68. The smallest absolute Gasteiger partial charge is 0.307 e. The van der Waals surface area contributed by atoms with Crippen LogP contribution < -0.4 is 0 Å². The molecule has 0 aliphatic rings. The molecule has 4 heteroatoms. The Morgan fingerprint density at radius 1 is 1.77 bits per heavy atom. The van der Waals surface area contributed by atoms with Crippen LogP contribution in [0.25, 0.3) is 6.08 Å². The summed E-state index contributed by atoms with van der Waals surface area (Å²) in [6, 6.07) is 0. The molecular formula is C9H12N2O2. The zero-order valence-electron chi connectivity index (χ0n) is 7.69. The lowest BCUT2D eigenvalue weighted by Crippen LogP contribution is -1.89. The number of carboxylic acids is 1. The van der Waals surface area contributed by atoms with Crippen LogP contribution in [0, 0.1) is 6.92 Å². The van der Waals surface area contributed by atoms with E-state index in [-0.39, 0.29) is 6.42 Å². The Bertz CT molecular complexity index is 339. The first-order valence-corrected chi connectivity index (χ1v) is 3.98. The van der Waals surface area contributed by atoms with Gasteiger partial charge in [0.2, 0.25) is 0 Å². The van der Waals surface area contributed by atoms with Crippen LogP contribution in [-0.2, 0) is 11.8 Å². The maximum atomic E-state index is 10.2. The maximum absolute atomic E-state index is 10.2. The third kappa shape index (κ3) is 2.74. The van der Waals surface area contributed by atoms with Crippen LogP contribution in [0.2, 0.25) is 0 Å². The Hall–Kier alpha value is -1.58. The van der Waals surface area contributed by atoms with Crippen molar-refractivity contribution in [3.8, 4) is 0 Å². The molecule has 0 saturated carbocycles. The van der Waals surface area contributed by atoms with Crippen molar-refractivity contribution in [2.75, 3.05) is 0 Å². The van der Waals surface area contributed by atoms with E-state index in [0.717, 1.165) is 11.3 Å². The minimum absolute atomic E-state index is 0.0499. The number of carboxylic acid groups (broad SMARTS) is 1. The Labute approximate surface area is 76.5 Å². The van der Waals surface area contributed by atoms with E-state index in [1.807, 2.05) is 20.2 Å². The summed E-state index contributed by atoms with van der Waals surface area (Å²) in [4.78, 5) is 10.2. The van der Waals surface area contributed by atoms with Gasteiger partial charge in [0.15, 0.2) is 0 Å². The summed E-state index contributed by atoms with van der Waals surface area (Å²) in [7, 11) is 1.83. The van der Waals surface area contributed by atoms with Gasteiger partial charge in [-0.2, -0.15) is 5.10 Å². The van der Waals surface area contributed by atoms with Crippen LogP contribution in [0.4, 0.5) is 0 Å². The van der Waals surface area contributed by atoms with Crippen LogP contribution in [-0.4, -0.2) is 20.9 Å². The molecule has 1 aromatic heterocycles. The van der Waals surface area contributed by atoms with E-state index in [1.54, 1.807) is 16.8 Å². The third-order valence-corrected chi connectivity index (χ3v) is 1.64. The highest BCUT2D eigenvalue weighted by Crippen LogP contribution is 2.06. The molecule has 0 atom stereocenters. The van der Waals surface area contributed by atoms with E-state index in [2.05, 4.69) is 5.10 Å². The number of aliphatic carboxylic acids is 1. The van der Waals surface area contributed by atoms with Crippen molar-refractivity contribution >= 4 is 12.0 Å². The summed E-state index contributed by atoms with van der Waals surface area (Å²) < 4.78 is 1.70. The highest BCUT2D eigenvalue weighted by Gasteiger charge is 1.98. The molecular weight excluding hydrogens is 168 g/mol. The van der Waals surface area contributed by atoms with E-state index in [0.29, 0.717) is 0 Å². The monoisotopic (exact) mass is 180 g/mol. The van der Waals surface area contributed by atoms with Crippen molar-refractivity contribution in [2.24, 2.45) is 7.05 Å². The molecule has 0 unspecified atom stereocenters. The van der Waals surface area contributed by atoms with Crippen LogP contribution in [0.1, 0.15) is 17.7 Å². The predicted molar refractivity (Wildman–Crippen MR) is 49.2 cm³/mol. The van der Waals surface area contributed by atoms with Gasteiger partial charge in [0.25, 0.3) is 0 Å². The number of hydrogen-bond donors (Lipinski definition) is 1. The van der Waals surface area contributed by atoms with Gasteiger partial charge in [0.1, 0.15) is 0 Å². The highest BCUT2D eigenvalue weighted by molar-refractivity contribution is 5.70. The zero-order valence-corrected chi connectivity index (χ0v) is 7.69. The molecule has 0 aromatic carbocycles. The Kier molecular flexibility index (Phi) is 2.84. The number of aryl methyl sites for hydroxylation is 2. The lowest BCUT2D eigenvalue weighted by molar-refractivity contribution is -0.135. The minimum atomic E-state index is -0.821. The fourth-order valence-electron chi connectivity index (χ4n) is 1.07. The molecule has 0 fully saturated rings. The highest BCUT2D eigenvalue weighted by atomic mass is 16.4. The molecule has 0 spiro atoms. The molecule has 1 heterocycles. The van der Waals surface area contributed by atoms with Crippen LogP contribution in [0.5, 0.6) is 0 Å². The molecule has 0 saturated heterocycles. The second-order valence-corrected chi connectivity index (χ2v) is 2.84. The van der Waals surface area contributed by atoms with Gasteiger partial charge in [0.05, 0.1) is 12.1 Å². The average Bonchev–Trinajstić information content (AvgIpc) is 2.29. The fraction of sp³-hybridized carbons (Fsp3) is 0.333. The summed E-state index contributed by atoms with van der Waals surface area (Å²) in [6.45, 7) is 1.89. The van der Waals surface area contributed by atoms with Crippen LogP contribution in [0.3, 0.4) is 0 Å².